The maximum absolute atomic E-state index is 13.3. The van der Waals surface area contributed by atoms with Gasteiger partial charge in [0.15, 0.2) is 0 Å². The van der Waals surface area contributed by atoms with E-state index in [1.54, 1.807) is 12.1 Å². The van der Waals surface area contributed by atoms with Gasteiger partial charge in [0, 0.05) is 25.1 Å². The lowest BCUT2D eigenvalue weighted by atomic mass is 10.1. The number of anilines is 3. The molecule has 1 aliphatic heterocycles. The number of rotatable bonds is 15. The smallest absolute Gasteiger partial charge is 0.355 e. The lowest BCUT2D eigenvalue weighted by Crippen LogP contribution is -2.40. The minimum absolute atomic E-state index is 0.0147. The van der Waals surface area contributed by atoms with Gasteiger partial charge in [-0.3, -0.25) is 24.3 Å². The first-order chi connectivity index (χ1) is 23.4. The van der Waals surface area contributed by atoms with Crippen molar-refractivity contribution in [3.8, 4) is 22.8 Å². The van der Waals surface area contributed by atoms with Crippen LogP contribution >= 0.6 is 0 Å². The predicted molar refractivity (Wildman–Crippen MR) is 172 cm³/mol. The number of H-pyrrole nitrogens is 1. The van der Waals surface area contributed by atoms with Crippen LogP contribution < -0.4 is 25.2 Å². The first-order valence-electron chi connectivity index (χ1n) is 14.9. The molecule has 260 valence electrons. The Morgan fingerprint density at radius 3 is 2.47 bits per heavy atom. The van der Waals surface area contributed by atoms with Gasteiger partial charge < -0.3 is 25.6 Å². The average molecular weight is 704 g/mol. The molecule has 6 N–H and O–H groups in total. The molecule has 4 aromatic rings. The number of nitrogens with zero attached hydrogens (tertiary/aromatic N) is 3. The summed E-state index contributed by atoms with van der Waals surface area (Å²) in [5, 5.41) is 18.8. The molecule has 18 heteroatoms. The van der Waals surface area contributed by atoms with Gasteiger partial charge in [-0.15, -0.1) is 0 Å². The largest absolute Gasteiger partial charge is 0.491 e. The van der Waals surface area contributed by atoms with E-state index in [1.807, 2.05) is 9.62 Å². The number of aliphatic carboxylic acids is 1. The second kappa shape index (κ2) is 15.2. The molecular weight excluding hydrogens is 671 g/mol. The number of carboxylic acid groups (broad SMARTS) is 1. The van der Waals surface area contributed by atoms with Gasteiger partial charge in [0.25, 0.3) is 15.9 Å². The van der Waals surface area contributed by atoms with E-state index >= 15 is 0 Å². The number of carbonyl (C=O) groups is 2. The van der Waals surface area contributed by atoms with E-state index in [1.165, 1.54) is 48.7 Å². The number of carbonyl (C=O) groups excluding carboxylic acids is 1. The molecule has 5 rings (SSSR count). The molecule has 1 aliphatic rings. The number of carboxylic acids is 1. The van der Waals surface area contributed by atoms with Crippen molar-refractivity contribution in [3.63, 3.8) is 0 Å². The Morgan fingerprint density at radius 1 is 1.10 bits per heavy atom. The van der Waals surface area contributed by atoms with Crippen LogP contribution in [-0.2, 0) is 21.2 Å². The normalized spacial score (nSPS) is 14.0. The van der Waals surface area contributed by atoms with Crippen molar-refractivity contribution in [3.05, 3.63) is 77.7 Å². The van der Waals surface area contributed by atoms with Crippen molar-refractivity contribution in [1.82, 2.24) is 20.1 Å². The first kappa shape index (κ1) is 35.0. The number of alkyl halides is 2. The Labute approximate surface area is 278 Å². The maximum atomic E-state index is 13.3. The third kappa shape index (κ3) is 9.17. The lowest BCUT2D eigenvalue weighted by molar-refractivity contribution is -0.138. The van der Waals surface area contributed by atoms with Crippen molar-refractivity contribution >= 4 is 39.2 Å². The van der Waals surface area contributed by atoms with Crippen molar-refractivity contribution in [2.24, 2.45) is 5.73 Å². The zero-order valence-corrected chi connectivity index (χ0v) is 26.6. The van der Waals surface area contributed by atoms with Crippen molar-refractivity contribution < 1.29 is 45.8 Å². The number of aromatic amines is 1. The minimum atomic E-state index is -5.05. The Hall–Kier alpha value is -5.36. The number of pyridine rings is 1. The predicted octanol–water partition coefficient (Wildman–Crippen LogP) is 3.97. The molecule has 0 unspecified atom stereocenters. The monoisotopic (exact) mass is 703 g/mol. The molecule has 1 saturated heterocycles. The van der Waals surface area contributed by atoms with E-state index in [-0.39, 0.29) is 59.8 Å². The number of halogens is 3. The highest BCUT2D eigenvalue weighted by atomic mass is 32.2. The lowest BCUT2D eigenvalue weighted by Gasteiger charge is -2.30. The molecule has 0 aliphatic carbocycles. The van der Waals surface area contributed by atoms with Gasteiger partial charge in [-0.2, -0.15) is 13.9 Å². The number of likely N-dealkylation sites (tertiary alicyclic amines) is 1. The molecule has 0 atom stereocenters. The van der Waals surface area contributed by atoms with Crippen molar-refractivity contribution in [2.75, 3.05) is 36.3 Å². The van der Waals surface area contributed by atoms with Gasteiger partial charge in [-0.05, 0) is 54.8 Å². The summed E-state index contributed by atoms with van der Waals surface area (Å²) in [7, 11) is -5.05. The van der Waals surface area contributed by atoms with E-state index in [9.17, 15) is 31.2 Å². The number of piperidine rings is 1. The topological polar surface area (TPSA) is 202 Å². The number of nitrogens with one attached hydrogen (secondary N) is 3. The fraction of sp³-hybridized carbons (Fsp3) is 0.290. The van der Waals surface area contributed by atoms with Crippen LogP contribution in [0.5, 0.6) is 11.5 Å². The Kier molecular flexibility index (Phi) is 10.9. The Bertz CT molecular complexity index is 1880. The van der Waals surface area contributed by atoms with Crippen molar-refractivity contribution in [1.29, 1.82) is 0 Å². The van der Waals surface area contributed by atoms with E-state index in [0.717, 1.165) is 0 Å². The average Bonchev–Trinajstić information content (AvgIpc) is 3.48. The summed E-state index contributed by atoms with van der Waals surface area (Å²) in [4.78, 5) is 29.7. The quantitative estimate of drug-likeness (QED) is 0.120. The molecule has 0 bridgehead atoms. The first-order valence-corrected chi connectivity index (χ1v) is 16.5. The maximum Gasteiger partial charge on any atom is 0.355 e. The van der Waals surface area contributed by atoms with Crippen LogP contribution in [0.3, 0.4) is 0 Å². The Balaban J connectivity index is 1.32. The zero-order valence-electron chi connectivity index (χ0n) is 25.7. The third-order valence-corrected chi connectivity index (χ3v) is 8.48. The number of ether oxygens (including phenoxy) is 2. The fourth-order valence-corrected chi connectivity index (χ4v) is 5.67. The molecule has 0 saturated carbocycles. The van der Waals surface area contributed by atoms with Gasteiger partial charge in [0.05, 0.1) is 25.0 Å². The summed E-state index contributed by atoms with van der Waals surface area (Å²) in [6.07, 6.45) is 2.98. The molecule has 0 radical (unpaired) electrons. The SMILES string of the molecule is NC(=O)c1c(-c2ccc(NS(=O)(=O)C(F)F)c(OCCc3ccc(F)cc3)c2)n[nH]c1Nc1ccc(OC2CCN(CC(=O)O)CC2)cn1. The van der Waals surface area contributed by atoms with Gasteiger partial charge in [-0.1, -0.05) is 18.2 Å². The van der Waals surface area contributed by atoms with Crippen LogP contribution in [0.25, 0.3) is 11.3 Å². The van der Waals surface area contributed by atoms with E-state index in [0.29, 0.717) is 43.1 Å². The highest BCUT2D eigenvalue weighted by Gasteiger charge is 2.27. The number of aromatic nitrogens is 3. The fourth-order valence-electron chi connectivity index (χ4n) is 5.10. The second-order valence-electron chi connectivity index (χ2n) is 11.0. The van der Waals surface area contributed by atoms with E-state index in [4.69, 9.17) is 20.3 Å². The van der Waals surface area contributed by atoms with Crippen molar-refractivity contribution in [2.45, 2.75) is 31.1 Å². The molecule has 14 nitrogen and oxygen atoms in total. The third-order valence-electron chi connectivity index (χ3n) is 7.50. The number of hydrogen-bond acceptors (Lipinski definition) is 10. The summed E-state index contributed by atoms with van der Waals surface area (Å²) in [5.74, 6) is -5.12. The number of benzene rings is 2. The van der Waals surface area contributed by atoms with Crippen LogP contribution in [0.4, 0.5) is 30.5 Å². The number of amides is 1. The van der Waals surface area contributed by atoms with Gasteiger partial charge in [-0.25, -0.2) is 17.8 Å². The number of hydrogen-bond donors (Lipinski definition) is 5. The van der Waals surface area contributed by atoms with Gasteiger partial charge >= 0.3 is 11.7 Å². The number of primary amides is 1. The molecular formula is C31H32F3N7O7S. The van der Waals surface area contributed by atoms with Gasteiger partial charge in [0.2, 0.25) is 0 Å². The van der Waals surface area contributed by atoms with E-state index in [2.05, 4.69) is 20.5 Å². The highest BCUT2D eigenvalue weighted by molar-refractivity contribution is 7.93. The molecule has 3 heterocycles. The molecule has 2 aromatic carbocycles. The van der Waals surface area contributed by atoms with Crippen LogP contribution in [0, 0.1) is 5.82 Å². The number of nitrogens with two attached hydrogens (primary N) is 1. The minimum Gasteiger partial charge on any atom is -0.491 e. The summed E-state index contributed by atoms with van der Waals surface area (Å²) in [6, 6.07) is 12.7. The summed E-state index contributed by atoms with van der Waals surface area (Å²) in [5.41, 5.74) is 6.34. The van der Waals surface area contributed by atoms with Crippen LogP contribution in [-0.4, -0.2) is 83.6 Å². The number of sulfonamides is 1. The Morgan fingerprint density at radius 2 is 1.84 bits per heavy atom. The summed E-state index contributed by atoms with van der Waals surface area (Å²) >= 11 is 0. The van der Waals surface area contributed by atoms with Crippen LogP contribution in [0.2, 0.25) is 0 Å². The molecule has 0 spiro atoms. The standard InChI is InChI=1S/C31H32F3N7O7S/c32-20-4-1-18(2-5-20)11-14-47-24-15-19(3-7-23(24)40-49(45,46)31(33)34)28-27(29(35)44)30(39-38-28)37-25-8-6-22(16-36-25)48-21-9-12-41(13-10-21)17-26(42)43/h1-8,15-16,21,31,40H,9-14,17H2,(H2,35,44)(H,42,43)(H2,36,37,38,39). The summed E-state index contributed by atoms with van der Waals surface area (Å²) in [6.45, 7) is 1.14. The summed E-state index contributed by atoms with van der Waals surface area (Å²) < 4.78 is 77.0. The molecule has 1 amide bonds. The molecule has 2 aromatic heterocycles. The van der Waals surface area contributed by atoms with Crippen LogP contribution in [0.15, 0.2) is 60.8 Å². The molecule has 49 heavy (non-hydrogen) atoms. The van der Waals surface area contributed by atoms with Crippen LogP contribution in [0.1, 0.15) is 28.8 Å². The second-order valence-corrected chi connectivity index (χ2v) is 12.7. The van der Waals surface area contributed by atoms with Gasteiger partial charge in [0.1, 0.15) is 46.3 Å². The zero-order chi connectivity index (χ0) is 35.1. The van der Waals surface area contributed by atoms with E-state index < -0.39 is 33.5 Å². The highest BCUT2D eigenvalue weighted by Crippen LogP contribution is 2.35. The molecule has 1 fully saturated rings.